The van der Waals surface area contributed by atoms with Crippen LogP contribution in [0.2, 0.25) is 0 Å². The maximum atomic E-state index is 13.8. The van der Waals surface area contributed by atoms with Crippen LogP contribution >= 0.6 is 11.8 Å². The van der Waals surface area contributed by atoms with Crippen molar-refractivity contribution in [2.75, 3.05) is 0 Å². The summed E-state index contributed by atoms with van der Waals surface area (Å²) in [4.78, 5) is 4.56. The van der Waals surface area contributed by atoms with Gasteiger partial charge in [-0.3, -0.25) is 0 Å². The molecule has 2 aromatic rings. The zero-order chi connectivity index (χ0) is 12.4. The lowest BCUT2D eigenvalue weighted by Gasteiger charge is -2.11. The van der Waals surface area contributed by atoms with Gasteiger partial charge in [-0.25, -0.2) is 9.37 Å². The molecule has 0 radical (unpaired) electrons. The van der Waals surface area contributed by atoms with Crippen molar-refractivity contribution in [2.24, 2.45) is 7.05 Å². The molecule has 0 aliphatic carbocycles. The molecule has 0 unspecified atom stereocenters. The van der Waals surface area contributed by atoms with E-state index in [9.17, 15) is 9.50 Å². The van der Waals surface area contributed by atoms with Crippen LogP contribution in [0.5, 0.6) is 0 Å². The van der Waals surface area contributed by atoms with Crippen LogP contribution in [0, 0.1) is 5.82 Å². The number of benzene rings is 1. The Balaban J connectivity index is 2.41. The van der Waals surface area contributed by atoms with Crippen molar-refractivity contribution >= 4 is 11.8 Å². The first-order valence-corrected chi connectivity index (χ1v) is 6.03. The van der Waals surface area contributed by atoms with Gasteiger partial charge < -0.3 is 9.67 Å². The van der Waals surface area contributed by atoms with E-state index in [1.54, 1.807) is 31.5 Å². The Labute approximate surface area is 103 Å². The highest BCUT2D eigenvalue weighted by Gasteiger charge is 2.15. The van der Waals surface area contributed by atoms with Gasteiger partial charge in [0.1, 0.15) is 5.82 Å². The van der Waals surface area contributed by atoms with Gasteiger partial charge >= 0.3 is 0 Å². The van der Waals surface area contributed by atoms with Gasteiger partial charge in [0, 0.05) is 19.4 Å². The van der Waals surface area contributed by atoms with Crippen LogP contribution in [0.25, 0.3) is 0 Å². The summed E-state index contributed by atoms with van der Waals surface area (Å²) in [7, 11) is 1.85. The van der Waals surface area contributed by atoms with Crippen molar-refractivity contribution in [3.05, 3.63) is 42.0 Å². The highest BCUT2D eigenvalue weighted by Crippen LogP contribution is 2.34. The second-order valence-electron chi connectivity index (χ2n) is 3.76. The van der Waals surface area contributed by atoms with Crippen LogP contribution in [-0.4, -0.2) is 14.7 Å². The van der Waals surface area contributed by atoms with Gasteiger partial charge in [0.15, 0.2) is 5.16 Å². The summed E-state index contributed by atoms with van der Waals surface area (Å²) >= 11 is 1.22. The summed E-state index contributed by atoms with van der Waals surface area (Å²) < 4.78 is 15.6. The normalized spacial score (nSPS) is 12.7. The van der Waals surface area contributed by atoms with E-state index in [2.05, 4.69) is 4.98 Å². The van der Waals surface area contributed by atoms with E-state index in [4.69, 9.17) is 0 Å². The topological polar surface area (TPSA) is 38.1 Å². The summed E-state index contributed by atoms with van der Waals surface area (Å²) in [5.74, 6) is -0.337. The van der Waals surface area contributed by atoms with E-state index >= 15 is 0 Å². The lowest BCUT2D eigenvalue weighted by atomic mass is 10.1. The molecular weight excluding hydrogens is 239 g/mol. The lowest BCUT2D eigenvalue weighted by molar-refractivity contribution is 0.195. The highest BCUT2D eigenvalue weighted by atomic mass is 32.2. The second kappa shape index (κ2) is 4.89. The number of aryl methyl sites for hydroxylation is 1. The van der Waals surface area contributed by atoms with Crippen LogP contribution in [0.1, 0.15) is 18.6 Å². The standard InChI is InChI=1S/C12H13FN2OS/c1-8(16)9-4-3-5-10(13)11(9)17-12-14-6-7-15(12)2/h3-8,16H,1-2H3/t8-/m1/s1. The molecule has 0 spiro atoms. The SMILES string of the molecule is C[C@@H](O)c1cccc(F)c1Sc1nccn1C. The third-order valence-electron chi connectivity index (χ3n) is 2.42. The molecule has 0 saturated heterocycles. The Kier molecular flexibility index (Phi) is 3.49. The van der Waals surface area contributed by atoms with E-state index in [0.717, 1.165) is 0 Å². The predicted octanol–water partition coefficient (Wildman–Crippen LogP) is 2.76. The van der Waals surface area contributed by atoms with Crippen molar-refractivity contribution in [1.82, 2.24) is 9.55 Å². The molecule has 5 heteroatoms. The summed E-state index contributed by atoms with van der Waals surface area (Å²) in [6.45, 7) is 1.62. The number of aliphatic hydroxyl groups is 1. The molecule has 90 valence electrons. The monoisotopic (exact) mass is 252 g/mol. The lowest BCUT2D eigenvalue weighted by Crippen LogP contribution is -1.98. The molecule has 0 bridgehead atoms. The molecule has 0 aliphatic heterocycles. The average Bonchev–Trinajstić information content (AvgIpc) is 2.67. The Bertz CT molecular complexity index is 525. The smallest absolute Gasteiger partial charge is 0.172 e. The van der Waals surface area contributed by atoms with Crippen LogP contribution in [-0.2, 0) is 7.05 Å². The Morgan fingerprint density at radius 2 is 2.24 bits per heavy atom. The number of rotatable bonds is 3. The fourth-order valence-corrected chi connectivity index (χ4v) is 2.53. The molecule has 0 fully saturated rings. The number of aromatic nitrogens is 2. The first kappa shape index (κ1) is 12.1. The van der Waals surface area contributed by atoms with E-state index < -0.39 is 6.10 Å². The van der Waals surface area contributed by atoms with Gasteiger partial charge in [-0.05, 0) is 30.3 Å². The molecule has 17 heavy (non-hydrogen) atoms. The molecule has 1 heterocycles. The van der Waals surface area contributed by atoms with Crippen LogP contribution in [0.3, 0.4) is 0 Å². The minimum absolute atomic E-state index is 0.337. The van der Waals surface area contributed by atoms with Crippen molar-refractivity contribution in [3.8, 4) is 0 Å². The van der Waals surface area contributed by atoms with E-state index in [0.29, 0.717) is 15.6 Å². The average molecular weight is 252 g/mol. The Hall–Kier alpha value is -1.33. The van der Waals surface area contributed by atoms with Crippen molar-refractivity contribution in [2.45, 2.75) is 23.1 Å². The summed E-state index contributed by atoms with van der Waals surface area (Å²) in [6.07, 6.45) is 2.75. The van der Waals surface area contributed by atoms with Crippen molar-refractivity contribution in [3.63, 3.8) is 0 Å². The number of imidazole rings is 1. The highest BCUT2D eigenvalue weighted by molar-refractivity contribution is 7.99. The minimum atomic E-state index is -0.700. The molecule has 0 saturated carbocycles. The maximum Gasteiger partial charge on any atom is 0.172 e. The summed E-state index contributed by atoms with van der Waals surface area (Å²) in [6, 6.07) is 4.70. The fraction of sp³-hybridized carbons (Fsp3) is 0.250. The molecule has 0 aliphatic rings. The van der Waals surface area contributed by atoms with Gasteiger partial charge in [0.25, 0.3) is 0 Å². The first-order valence-electron chi connectivity index (χ1n) is 5.21. The van der Waals surface area contributed by atoms with Gasteiger partial charge in [-0.2, -0.15) is 0 Å². The molecular formula is C12H13FN2OS. The third-order valence-corrected chi connectivity index (χ3v) is 3.63. The number of halogens is 1. The Morgan fingerprint density at radius 3 is 2.82 bits per heavy atom. The van der Waals surface area contributed by atoms with Crippen LogP contribution < -0.4 is 0 Å². The molecule has 1 aromatic heterocycles. The van der Waals surface area contributed by atoms with Crippen LogP contribution in [0.15, 0.2) is 40.6 Å². The maximum absolute atomic E-state index is 13.8. The van der Waals surface area contributed by atoms with E-state index in [1.807, 2.05) is 11.6 Å². The van der Waals surface area contributed by atoms with Crippen molar-refractivity contribution < 1.29 is 9.50 Å². The zero-order valence-corrected chi connectivity index (χ0v) is 10.4. The molecule has 0 amide bonds. The minimum Gasteiger partial charge on any atom is -0.389 e. The van der Waals surface area contributed by atoms with Gasteiger partial charge in [0.2, 0.25) is 0 Å². The zero-order valence-electron chi connectivity index (χ0n) is 9.59. The van der Waals surface area contributed by atoms with Gasteiger partial charge in [0.05, 0.1) is 11.0 Å². The number of hydrogen-bond donors (Lipinski definition) is 1. The molecule has 2 rings (SSSR count). The number of nitrogens with zero attached hydrogens (tertiary/aromatic N) is 2. The molecule has 1 atom stereocenters. The molecule has 1 aromatic carbocycles. The summed E-state index contributed by atoms with van der Waals surface area (Å²) in [5.41, 5.74) is 0.581. The van der Waals surface area contributed by atoms with Gasteiger partial charge in [-0.15, -0.1) is 0 Å². The Morgan fingerprint density at radius 1 is 1.47 bits per heavy atom. The first-order chi connectivity index (χ1) is 8.09. The largest absolute Gasteiger partial charge is 0.389 e. The fourth-order valence-electron chi connectivity index (χ4n) is 1.50. The van der Waals surface area contributed by atoms with E-state index in [1.165, 1.54) is 17.8 Å². The number of hydrogen-bond acceptors (Lipinski definition) is 3. The van der Waals surface area contributed by atoms with Crippen LogP contribution in [0.4, 0.5) is 4.39 Å². The van der Waals surface area contributed by atoms with Crippen molar-refractivity contribution in [1.29, 1.82) is 0 Å². The molecule has 1 N–H and O–H groups in total. The predicted molar refractivity (Wildman–Crippen MR) is 64.4 cm³/mol. The van der Waals surface area contributed by atoms with Gasteiger partial charge in [-0.1, -0.05) is 12.1 Å². The quantitative estimate of drug-likeness (QED) is 0.912. The summed E-state index contributed by atoms with van der Waals surface area (Å²) in [5, 5.41) is 10.3. The number of aliphatic hydroxyl groups excluding tert-OH is 1. The van der Waals surface area contributed by atoms with E-state index in [-0.39, 0.29) is 5.82 Å². The molecule has 3 nitrogen and oxygen atoms in total. The third kappa shape index (κ3) is 2.50. The second-order valence-corrected chi connectivity index (χ2v) is 4.73.